The van der Waals surface area contributed by atoms with E-state index in [-0.39, 0.29) is 23.0 Å². The van der Waals surface area contributed by atoms with Crippen molar-refractivity contribution < 1.29 is 9.59 Å². The number of Topliss-reactive ketones (excluding diaryl/α,β-unsaturated/α-hetero) is 2. The van der Waals surface area contributed by atoms with Gasteiger partial charge in [-0.25, -0.2) is 20.2 Å². The second-order valence-electron chi connectivity index (χ2n) is 28.5. The van der Waals surface area contributed by atoms with Crippen LogP contribution in [-0.4, -0.2) is 11.6 Å². The van der Waals surface area contributed by atoms with Crippen molar-refractivity contribution in [3.05, 3.63) is 314 Å². The van der Waals surface area contributed by atoms with Crippen LogP contribution in [0.4, 0.5) is 0 Å². The van der Waals surface area contributed by atoms with Gasteiger partial charge in [0.2, 0.25) is 0 Å². The van der Waals surface area contributed by atoms with Crippen molar-refractivity contribution in [1.82, 2.24) is 0 Å². The molecule has 0 amide bonds. The molecule has 0 saturated heterocycles. The molecule has 0 unspecified atom stereocenters. The van der Waals surface area contributed by atoms with Crippen molar-refractivity contribution in [2.75, 3.05) is 0 Å². The highest BCUT2D eigenvalue weighted by Crippen LogP contribution is 2.68. The Kier molecular flexibility index (Phi) is 20.2. The Morgan fingerprint density at radius 1 is 0.394 bits per heavy atom. The lowest BCUT2D eigenvalue weighted by atomic mass is 9.65. The molecule has 514 valence electrons. The molecule has 0 saturated carbocycles. The van der Waals surface area contributed by atoms with Crippen LogP contribution in [0, 0.1) is 35.8 Å². The number of aryl methyl sites for hydroxylation is 4. The number of rotatable bonds is 26. The lowest BCUT2D eigenvalue weighted by Crippen LogP contribution is -2.30. The Balaban J connectivity index is 1.01. The first-order valence-corrected chi connectivity index (χ1v) is 40.8. The number of allylic oxidation sites excluding steroid dienone is 6. The molecule has 0 spiro atoms. The number of hydrogen-bond acceptors (Lipinski definition) is 8. The van der Waals surface area contributed by atoms with E-state index in [4.69, 9.17) is 13.1 Å². The summed E-state index contributed by atoms with van der Waals surface area (Å²) in [5, 5.41) is 20.9. The molecule has 15 rings (SSSR count). The van der Waals surface area contributed by atoms with Crippen molar-refractivity contribution in [1.29, 1.82) is 10.5 Å². The zero-order valence-corrected chi connectivity index (χ0v) is 63.0. The summed E-state index contributed by atoms with van der Waals surface area (Å²) in [6, 6.07) is 67.1. The molecule has 0 aliphatic heterocycles. The van der Waals surface area contributed by atoms with Crippen molar-refractivity contribution >= 4 is 99.0 Å². The predicted molar refractivity (Wildman–Crippen MR) is 435 cm³/mol. The van der Waals surface area contributed by atoms with Gasteiger partial charge in [-0.15, -0.1) is 45.3 Å². The number of fused-ring (bicyclic) bond motifs is 12. The Morgan fingerprint density at radius 3 is 0.990 bits per heavy atom. The number of unbranched alkanes of at least 4 members (excludes halogenated alkanes) is 12. The fraction of sp³-hybridized carbons (Fsp3) is 0.277. The molecule has 0 N–H and O–H groups in total. The molecule has 0 bridgehead atoms. The molecular formula is C94H82N4O2S4. The second kappa shape index (κ2) is 30.1. The van der Waals surface area contributed by atoms with Gasteiger partial charge in [0.1, 0.15) is 0 Å². The first-order valence-electron chi connectivity index (χ1n) is 37.5. The maximum Gasteiger partial charge on any atom is 0.270 e. The summed E-state index contributed by atoms with van der Waals surface area (Å²) < 4.78 is 4.51. The largest absolute Gasteiger partial charge is 0.289 e. The molecule has 4 aromatic heterocycles. The summed E-state index contributed by atoms with van der Waals surface area (Å²) in [6.07, 6.45) is 26.8. The van der Waals surface area contributed by atoms with E-state index >= 15 is 0 Å². The third-order valence-electron chi connectivity index (χ3n) is 22.2. The molecule has 0 radical (unpaired) electrons. The summed E-state index contributed by atoms with van der Waals surface area (Å²) in [7, 11) is 0. The lowest BCUT2D eigenvalue weighted by molar-refractivity contribution is 0.103. The number of nitrogens with zero attached hydrogens (tertiary/aromatic N) is 4. The number of carbonyl (C=O) groups is 2. The molecule has 4 heterocycles. The summed E-state index contributed by atoms with van der Waals surface area (Å²) in [6.45, 7) is 25.4. The minimum absolute atomic E-state index is 0.0933. The number of ketones is 2. The van der Waals surface area contributed by atoms with Gasteiger partial charge in [-0.3, -0.25) is 9.59 Å². The maximum absolute atomic E-state index is 14.7. The Labute approximate surface area is 628 Å². The molecule has 0 fully saturated rings. The van der Waals surface area contributed by atoms with E-state index in [0.717, 1.165) is 79.9 Å². The smallest absolute Gasteiger partial charge is 0.270 e. The van der Waals surface area contributed by atoms with Crippen molar-refractivity contribution in [2.45, 2.75) is 167 Å². The third kappa shape index (κ3) is 12.0. The summed E-state index contributed by atoms with van der Waals surface area (Å²) in [4.78, 5) is 40.9. The number of thiophene rings is 4. The van der Waals surface area contributed by atoms with Gasteiger partial charge in [0.25, 0.3) is 11.4 Å². The summed E-state index contributed by atoms with van der Waals surface area (Å²) in [5.41, 5.74) is 19.3. The van der Waals surface area contributed by atoms with Gasteiger partial charge < -0.3 is 0 Å². The highest BCUT2D eigenvalue weighted by molar-refractivity contribution is 7.31. The Morgan fingerprint density at radius 2 is 0.702 bits per heavy atom. The van der Waals surface area contributed by atoms with E-state index in [9.17, 15) is 20.1 Å². The van der Waals surface area contributed by atoms with Gasteiger partial charge >= 0.3 is 0 Å². The fourth-order valence-electron chi connectivity index (χ4n) is 17.1. The monoisotopic (exact) mass is 1430 g/mol. The summed E-state index contributed by atoms with van der Waals surface area (Å²) in [5.74, 6) is -0.371. The van der Waals surface area contributed by atoms with Crippen LogP contribution >= 0.6 is 45.3 Å². The molecule has 4 aliphatic rings. The Bertz CT molecular complexity index is 5030. The van der Waals surface area contributed by atoms with E-state index in [0.29, 0.717) is 44.5 Å². The quantitative estimate of drug-likeness (QED) is 0.0234. The molecule has 6 nitrogen and oxygen atoms in total. The molecular weight excluding hydrogens is 1350 g/mol. The number of nitriles is 2. The van der Waals surface area contributed by atoms with Crippen LogP contribution in [-0.2, 0) is 36.5 Å². The van der Waals surface area contributed by atoms with Crippen molar-refractivity contribution in [3.63, 3.8) is 0 Å². The van der Waals surface area contributed by atoms with Gasteiger partial charge in [-0.1, -0.05) is 250 Å². The molecule has 10 heteroatoms. The molecule has 4 aliphatic carbocycles. The number of hydrogen-bond donors (Lipinski definition) is 0. The van der Waals surface area contributed by atoms with Crippen LogP contribution in [0.5, 0.6) is 0 Å². The zero-order chi connectivity index (χ0) is 71.6. The molecule has 7 aromatic carbocycles. The highest BCUT2D eigenvalue weighted by Gasteiger charge is 2.55. The fourth-order valence-corrected chi connectivity index (χ4v) is 22.5. The predicted octanol–water partition coefficient (Wildman–Crippen LogP) is 26.3. The van der Waals surface area contributed by atoms with E-state index < -0.39 is 10.8 Å². The SMILES string of the molecule is [C-]#[N+]/C(C#N)=C1\C(=C\c2cc3sc4c(c3s2)C(c2ccc(CCCCCC)cc2)(c2ccc(CCCCCC)cc2)c2cc3c(cc2-4)C(c2ccc(CCCCCC)cc2)(c2ccc(CCCCCC)cc2)c2c-3sc3cc(/C=C4\C(=O)c5ccccc5\C4=C(\C#N)[N+]#[C-])sc23)C(=O)c2ccccc21. The standard InChI is InChI=1S/C94H82N4O2S4/c1-7-11-15-19-27-59-35-43-63(44-36-59)93(64-45-37-60(38-46-64)28-20-16-12-8-2)77-55-74-78(56-73(77)89-85(93)91-81(103-89)53-67(101-91)51-75-83(79(57-95)97-5)69-31-23-25-33-71(69)87(75)99)94(65-47-39-61(40-48-65)29-21-17-13-9-3,66-49-41-62(42-50-66)30-22-18-14-10-4)86-90(74)104-82-54-68(102-92(82)86)52-76-84(80(58-96)98-6)70-32-24-26-34-72(70)88(76)100/h23-26,31-56H,7-22,27-30H2,1-4H3/b75-51-,76-52-,83-79-,84-80+. The van der Waals surface area contributed by atoms with Gasteiger partial charge in [0.15, 0.2) is 11.6 Å². The minimum Gasteiger partial charge on any atom is -0.289 e. The van der Waals surface area contributed by atoms with Gasteiger partial charge in [-0.05, 0) is 166 Å². The van der Waals surface area contributed by atoms with Gasteiger partial charge in [0, 0.05) is 73.5 Å². The molecule has 104 heavy (non-hydrogen) atoms. The molecule has 11 aromatic rings. The number of benzene rings is 7. The maximum atomic E-state index is 14.7. The lowest BCUT2D eigenvalue weighted by Gasteiger charge is -2.36. The van der Waals surface area contributed by atoms with Crippen molar-refractivity contribution in [2.24, 2.45) is 0 Å². The van der Waals surface area contributed by atoms with Crippen LogP contribution in [0.15, 0.2) is 192 Å². The summed E-state index contributed by atoms with van der Waals surface area (Å²) >= 11 is 7.04. The van der Waals surface area contributed by atoms with Crippen molar-refractivity contribution in [3.8, 4) is 33.0 Å². The van der Waals surface area contributed by atoms with Crippen LogP contribution in [0.1, 0.15) is 239 Å². The third-order valence-corrected chi connectivity index (χ3v) is 27.0. The highest BCUT2D eigenvalue weighted by atomic mass is 32.1. The number of carbonyl (C=O) groups excluding carboxylic acids is 2. The van der Waals surface area contributed by atoms with E-state index in [1.807, 2.05) is 71.2 Å². The normalized spacial score (nSPS) is 15.9. The minimum atomic E-state index is -0.834. The van der Waals surface area contributed by atoms with Crippen LogP contribution in [0.25, 0.3) is 72.7 Å². The topological polar surface area (TPSA) is 90.4 Å². The van der Waals surface area contributed by atoms with E-state index in [2.05, 4.69) is 171 Å². The Hall–Kier alpha value is -9.88. The average molecular weight is 1430 g/mol. The molecule has 0 atom stereocenters. The van der Waals surface area contributed by atoms with Crippen LogP contribution in [0.2, 0.25) is 0 Å². The van der Waals surface area contributed by atoms with Crippen LogP contribution < -0.4 is 0 Å². The van der Waals surface area contributed by atoms with Gasteiger partial charge in [-0.2, -0.15) is 0 Å². The first kappa shape index (κ1) is 69.8. The van der Waals surface area contributed by atoms with E-state index in [1.165, 1.54) is 165 Å². The van der Waals surface area contributed by atoms with E-state index in [1.54, 1.807) is 34.8 Å². The van der Waals surface area contributed by atoms with Gasteiger partial charge in [0.05, 0.1) is 45.5 Å². The average Bonchev–Trinajstić information content (AvgIpc) is 1.49. The first-order chi connectivity index (χ1) is 51.1. The second-order valence-corrected chi connectivity index (χ2v) is 32.8. The van der Waals surface area contributed by atoms with Crippen LogP contribution in [0.3, 0.4) is 0 Å². The zero-order valence-electron chi connectivity index (χ0n) is 59.7.